The van der Waals surface area contributed by atoms with Crippen LogP contribution in [0.25, 0.3) is 10.1 Å². The van der Waals surface area contributed by atoms with Crippen molar-refractivity contribution < 1.29 is 0 Å². The van der Waals surface area contributed by atoms with E-state index in [2.05, 4.69) is 27.4 Å². The van der Waals surface area contributed by atoms with Crippen molar-refractivity contribution in [2.75, 3.05) is 17.3 Å². The van der Waals surface area contributed by atoms with E-state index < -0.39 is 0 Å². The van der Waals surface area contributed by atoms with Crippen LogP contribution in [0, 0.1) is 0 Å². The molecule has 0 spiro atoms. The van der Waals surface area contributed by atoms with Gasteiger partial charge in [0.1, 0.15) is 5.82 Å². The third kappa shape index (κ3) is 1.59. The third-order valence-corrected chi connectivity index (χ3v) is 4.42. The Morgan fingerprint density at radius 2 is 2.44 bits per heavy atom. The summed E-state index contributed by atoms with van der Waals surface area (Å²) in [6.07, 6.45) is 4.31. The highest BCUT2D eigenvalue weighted by atomic mass is 35.5. The Morgan fingerprint density at radius 1 is 1.50 bits per heavy atom. The van der Waals surface area contributed by atoms with Crippen molar-refractivity contribution in [1.29, 1.82) is 0 Å². The number of hydrogen-bond donors (Lipinski definition) is 0. The van der Waals surface area contributed by atoms with Gasteiger partial charge in [0.15, 0.2) is 0 Å². The zero-order chi connectivity index (χ0) is 11.0. The minimum absolute atomic E-state index is 0.458. The molecule has 2 aromatic rings. The normalized spacial score (nSPS) is 20.8. The largest absolute Gasteiger partial charge is 0.352 e. The zero-order valence-electron chi connectivity index (χ0n) is 8.90. The molecule has 1 atom stereocenters. The van der Waals surface area contributed by atoms with Gasteiger partial charge in [-0.3, -0.25) is 0 Å². The van der Waals surface area contributed by atoms with Crippen LogP contribution in [0.4, 0.5) is 5.82 Å². The minimum atomic E-state index is 0.458. The molecule has 3 rings (SSSR count). The van der Waals surface area contributed by atoms with Gasteiger partial charge in [0.25, 0.3) is 0 Å². The number of anilines is 1. The summed E-state index contributed by atoms with van der Waals surface area (Å²) in [5.74, 6) is 1.81. The topological polar surface area (TPSA) is 16.1 Å². The molecular formula is C12H13ClN2S. The van der Waals surface area contributed by atoms with Gasteiger partial charge in [0.05, 0.1) is 0 Å². The van der Waals surface area contributed by atoms with Crippen molar-refractivity contribution in [1.82, 2.24) is 4.98 Å². The average molecular weight is 253 g/mol. The van der Waals surface area contributed by atoms with Crippen molar-refractivity contribution >= 4 is 38.8 Å². The average Bonchev–Trinajstić information content (AvgIpc) is 2.96. The molecule has 1 aliphatic heterocycles. The van der Waals surface area contributed by atoms with Crippen molar-refractivity contribution in [3.63, 3.8) is 0 Å². The number of fused-ring (bicyclic) bond motifs is 1. The van der Waals surface area contributed by atoms with Gasteiger partial charge in [0, 0.05) is 34.7 Å². The summed E-state index contributed by atoms with van der Waals surface area (Å²) in [7, 11) is 0. The first kappa shape index (κ1) is 10.4. The number of rotatable bonds is 2. The summed E-state index contributed by atoms with van der Waals surface area (Å²) in [6, 6.07) is 4.70. The van der Waals surface area contributed by atoms with Crippen LogP contribution in [0.5, 0.6) is 0 Å². The molecule has 2 nitrogen and oxygen atoms in total. The molecule has 84 valence electrons. The molecule has 1 saturated heterocycles. The van der Waals surface area contributed by atoms with E-state index in [9.17, 15) is 0 Å². The maximum Gasteiger partial charge on any atom is 0.137 e. The molecule has 0 radical (unpaired) electrons. The Balaban J connectivity index is 2.07. The zero-order valence-corrected chi connectivity index (χ0v) is 10.5. The highest BCUT2D eigenvalue weighted by Gasteiger charge is 2.25. The van der Waals surface area contributed by atoms with E-state index in [1.807, 2.05) is 6.20 Å². The molecule has 0 bridgehead atoms. The maximum absolute atomic E-state index is 6.01. The van der Waals surface area contributed by atoms with Crippen LogP contribution in [0.3, 0.4) is 0 Å². The highest BCUT2D eigenvalue weighted by molar-refractivity contribution is 7.17. The van der Waals surface area contributed by atoms with E-state index in [0.29, 0.717) is 11.9 Å². The van der Waals surface area contributed by atoms with Crippen LogP contribution in [-0.4, -0.2) is 23.5 Å². The van der Waals surface area contributed by atoms with E-state index in [4.69, 9.17) is 11.6 Å². The second-order valence-corrected chi connectivity index (χ2v) is 5.37. The minimum Gasteiger partial charge on any atom is -0.352 e. The van der Waals surface area contributed by atoms with Gasteiger partial charge in [-0.25, -0.2) is 4.98 Å². The van der Waals surface area contributed by atoms with Crippen molar-refractivity contribution in [3.8, 4) is 0 Å². The number of halogens is 1. The Bertz CT molecular complexity index is 496. The Kier molecular flexibility index (Phi) is 2.74. The van der Waals surface area contributed by atoms with Crippen molar-refractivity contribution in [3.05, 3.63) is 23.7 Å². The Labute approximate surface area is 104 Å². The van der Waals surface area contributed by atoms with Crippen molar-refractivity contribution in [2.24, 2.45) is 0 Å². The lowest BCUT2D eigenvalue weighted by Crippen LogP contribution is -2.31. The molecule has 0 aromatic carbocycles. The summed E-state index contributed by atoms with van der Waals surface area (Å²) >= 11 is 7.78. The molecule has 0 N–H and O–H groups in total. The van der Waals surface area contributed by atoms with Gasteiger partial charge in [-0.15, -0.1) is 22.9 Å². The van der Waals surface area contributed by atoms with Crippen LogP contribution >= 0.6 is 22.9 Å². The van der Waals surface area contributed by atoms with Gasteiger partial charge in [-0.1, -0.05) is 0 Å². The first-order valence-corrected chi connectivity index (χ1v) is 6.96. The fraction of sp³-hybridized carbons (Fsp3) is 0.417. The molecule has 4 heteroatoms. The summed E-state index contributed by atoms with van der Waals surface area (Å²) in [4.78, 5) is 6.90. The standard InChI is InChI=1S/C12H13ClN2S/c13-8-9-2-1-6-15(9)12-10-4-7-16-11(10)3-5-14-12/h3-5,7,9H,1-2,6,8H2. The fourth-order valence-electron chi connectivity index (χ4n) is 2.38. The monoisotopic (exact) mass is 252 g/mol. The molecule has 16 heavy (non-hydrogen) atoms. The molecule has 1 aliphatic rings. The number of alkyl halides is 1. The smallest absolute Gasteiger partial charge is 0.137 e. The summed E-state index contributed by atoms with van der Waals surface area (Å²) < 4.78 is 1.31. The number of hydrogen-bond acceptors (Lipinski definition) is 3. The van der Waals surface area contributed by atoms with Crippen LogP contribution in [0.1, 0.15) is 12.8 Å². The van der Waals surface area contributed by atoms with Crippen LogP contribution in [0.2, 0.25) is 0 Å². The molecule has 3 heterocycles. The molecule has 0 saturated carbocycles. The van der Waals surface area contributed by atoms with Gasteiger partial charge < -0.3 is 4.90 Å². The van der Waals surface area contributed by atoms with Crippen LogP contribution in [-0.2, 0) is 0 Å². The second kappa shape index (κ2) is 4.22. The molecule has 1 unspecified atom stereocenters. The van der Waals surface area contributed by atoms with Gasteiger partial charge in [-0.05, 0) is 30.4 Å². The molecule has 2 aromatic heterocycles. The van der Waals surface area contributed by atoms with Crippen LogP contribution in [0.15, 0.2) is 23.7 Å². The van der Waals surface area contributed by atoms with E-state index in [1.54, 1.807) is 11.3 Å². The highest BCUT2D eigenvalue weighted by Crippen LogP contribution is 2.32. The first-order chi connectivity index (χ1) is 7.90. The number of thiophene rings is 1. The molecule has 0 amide bonds. The number of pyridine rings is 1. The summed E-state index contributed by atoms with van der Waals surface area (Å²) in [5.41, 5.74) is 0. The van der Waals surface area contributed by atoms with Crippen LogP contribution < -0.4 is 4.90 Å². The number of aromatic nitrogens is 1. The van der Waals surface area contributed by atoms with E-state index >= 15 is 0 Å². The second-order valence-electron chi connectivity index (χ2n) is 4.11. The predicted molar refractivity (Wildman–Crippen MR) is 70.7 cm³/mol. The van der Waals surface area contributed by atoms with E-state index in [-0.39, 0.29) is 0 Å². The lowest BCUT2D eigenvalue weighted by atomic mass is 10.2. The third-order valence-electron chi connectivity index (χ3n) is 3.19. The lowest BCUT2D eigenvalue weighted by molar-refractivity contribution is 0.736. The SMILES string of the molecule is ClCC1CCCN1c1nccc2sccc12. The van der Waals surface area contributed by atoms with Gasteiger partial charge in [-0.2, -0.15) is 0 Å². The summed E-state index contributed by atoms with van der Waals surface area (Å²) in [6.45, 7) is 1.08. The van der Waals surface area contributed by atoms with E-state index in [0.717, 1.165) is 12.4 Å². The molecule has 0 aliphatic carbocycles. The van der Waals surface area contributed by atoms with Gasteiger partial charge >= 0.3 is 0 Å². The predicted octanol–water partition coefficient (Wildman–Crippen LogP) is 3.50. The fourth-order valence-corrected chi connectivity index (χ4v) is 3.48. The molecule has 1 fully saturated rings. The first-order valence-electron chi connectivity index (χ1n) is 5.55. The summed E-state index contributed by atoms with van der Waals surface area (Å²) in [5, 5.41) is 3.39. The lowest BCUT2D eigenvalue weighted by Gasteiger charge is -2.24. The van der Waals surface area contributed by atoms with E-state index in [1.165, 1.54) is 22.9 Å². The Morgan fingerprint density at radius 3 is 3.31 bits per heavy atom. The quantitative estimate of drug-likeness (QED) is 0.761. The maximum atomic E-state index is 6.01. The van der Waals surface area contributed by atoms with Gasteiger partial charge in [0.2, 0.25) is 0 Å². The van der Waals surface area contributed by atoms with Crippen molar-refractivity contribution in [2.45, 2.75) is 18.9 Å². The molecular weight excluding hydrogens is 240 g/mol. The Hall–Kier alpha value is -0.800. The number of nitrogens with zero attached hydrogens (tertiary/aromatic N) is 2.